The van der Waals surface area contributed by atoms with Gasteiger partial charge in [0.2, 0.25) is 0 Å². The van der Waals surface area contributed by atoms with Gasteiger partial charge >= 0.3 is 0 Å². The van der Waals surface area contributed by atoms with Crippen LogP contribution in [-0.4, -0.2) is 27.0 Å². The van der Waals surface area contributed by atoms with Crippen molar-refractivity contribution in [2.75, 3.05) is 18.3 Å². The van der Waals surface area contributed by atoms with Gasteiger partial charge in [0.15, 0.2) is 9.84 Å². The number of nitrogens with zero attached hydrogens (tertiary/aromatic N) is 1. The minimum Gasteiger partial charge on any atom is -0.395 e. The Hall–Kier alpha value is -1.60. The molecule has 0 saturated carbocycles. The molecule has 3 N–H and O–H groups in total. The molecule has 0 bridgehead atoms. The minimum atomic E-state index is -3.32. The van der Waals surface area contributed by atoms with Crippen molar-refractivity contribution in [3.63, 3.8) is 0 Å². The van der Waals surface area contributed by atoms with Crippen molar-refractivity contribution in [3.05, 3.63) is 23.3 Å². The number of nitrogens with two attached hydrogens (primary N) is 1. The third kappa shape index (κ3) is 2.19. The molecule has 0 aromatic heterocycles. The molecule has 1 heterocycles. The van der Waals surface area contributed by atoms with Gasteiger partial charge in [0, 0.05) is 18.2 Å². The summed E-state index contributed by atoms with van der Waals surface area (Å²) in [5.74, 6) is 5.41. The molecule has 18 heavy (non-hydrogen) atoms. The lowest BCUT2D eigenvalue weighted by Gasteiger charge is -2.14. The zero-order valence-electron chi connectivity index (χ0n) is 10.2. The molecule has 0 fully saturated rings. The molecule has 1 aromatic rings. The Bertz CT molecular complexity index is 608. The van der Waals surface area contributed by atoms with E-state index in [0.29, 0.717) is 30.0 Å². The smallest absolute Gasteiger partial charge is 0.176 e. The van der Waals surface area contributed by atoms with Gasteiger partial charge in [0.25, 0.3) is 0 Å². The minimum absolute atomic E-state index is 0.253. The Morgan fingerprint density at radius 1 is 1.44 bits per heavy atom. The lowest BCUT2D eigenvalue weighted by atomic mass is 10.0. The molecule has 0 spiro atoms. The number of nitrogens with one attached hydrogen (secondary N) is 1. The molecule has 7 heteroatoms. The van der Waals surface area contributed by atoms with E-state index in [1.165, 1.54) is 12.3 Å². The highest BCUT2D eigenvalue weighted by Crippen LogP contribution is 2.28. The number of anilines is 1. The summed E-state index contributed by atoms with van der Waals surface area (Å²) in [6, 6.07) is 3.18. The first-order valence-electron chi connectivity index (χ1n) is 5.44. The first kappa shape index (κ1) is 12.8. The Morgan fingerprint density at radius 2 is 2.17 bits per heavy atom. The average Bonchev–Trinajstić information content (AvgIpc) is 2.80. The van der Waals surface area contributed by atoms with Crippen LogP contribution in [0.5, 0.6) is 0 Å². The summed E-state index contributed by atoms with van der Waals surface area (Å²) in [5, 5.41) is 3.90. The predicted octanol–water partition coefficient (Wildman–Crippen LogP) is 0.809. The Morgan fingerprint density at radius 3 is 2.67 bits per heavy atom. The highest BCUT2D eigenvalue weighted by molar-refractivity contribution is 7.90. The van der Waals surface area contributed by atoms with E-state index >= 15 is 0 Å². The fraction of sp³-hybridized carbons (Fsp3) is 0.364. The van der Waals surface area contributed by atoms with Gasteiger partial charge in [-0.25, -0.2) is 8.42 Å². The molecule has 6 nitrogen and oxygen atoms in total. The van der Waals surface area contributed by atoms with Crippen molar-refractivity contribution in [1.82, 2.24) is 0 Å². The maximum Gasteiger partial charge on any atom is 0.176 e. The molecular formula is C11H15N3O3S. The highest BCUT2D eigenvalue weighted by Gasteiger charge is 2.23. The summed E-state index contributed by atoms with van der Waals surface area (Å²) >= 11 is 0. The summed E-state index contributed by atoms with van der Waals surface area (Å²) in [5.41, 5.74) is 5.21. The van der Waals surface area contributed by atoms with Crippen LogP contribution in [0.2, 0.25) is 0 Å². The molecule has 1 aromatic carbocycles. The number of hydrogen-bond donors (Lipinski definition) is 2. The van der Waals surface area contributed by atoms with E-state index in [4.69, 9.17) is 10.7 Å². The maximum atomic E-state index is 11.8. The Labute approximate surface area is 106 Å². The van der Waals surface area contributed by atoms with Crippen LogP contribution in [0.4, 0.5) is 5.69 Å². The van der Waals surface area contributed by atoms with Crippen LogP contribution >= 0.6 is 0 Å². The molecule has 2 rings (SSSR count). The van der Waals surface area contributed by atoms with Crippen molar-refractivity contribution < 1.29 is 13.3 Å². The van der Waals surface area contributed by atoms with Gasteiger partial charge in [-0.3, -0.25) is 5.84 Å². The second-order valence-corrected chi connectivity index (χ2v) is 6.13. The lowest BCUT2D eigenvalue weighted by Crippen LogP contribution is -2.14. The topological polar surface area (TPSA) is 93.8 Å². The first-order valence-corrected chi connectivity index (χ1v) is 7.33. The van der Waals surface area contributed by atoms with E-state index in [0.717, 1.165) is 5.56 Å². The summed E-state index contributed by atoms with van der Waals surface area (Å²) in [6.07, 6.45) is 1.77. The van der Waals surface area contributed by atoms with Gasteiger partial charge in [-0.15, -0.1) is 0 Å². The fourth-order valence-corrected chi connectivity index (χ4v) is 2.95. The van der Waals surface area contributed by atoms with Crippen LogP contribution < -0.4 is 11.3 Å². The summed E-state index contributed by atoms with van der Waals surface area (Å²) < 4.78 is 23.6. The Kier molecular flexibility index (Phi) is 3.27. The molecule has 0 amide bonds. The number of hydrazine groups is 1. The zero-order valence-corrected chi connectivity index (χ0v) is 11.0. The van der Waals surface area contributed by atoms with Crippen LogP contribution in [-0.2, 0) is 14.7 Å². The molecule has 0 radical (unpaired) electrons. The van der Waals surface area contributed by atoms with Crippen molar-refractivity contribution in [2.24, 2.45) is 11.0 Å². The standard InChI is InChI=1S/C11H15N3O3S/c1-7-8(13-12)3-4-10(18(2,15)16)11(7)9-5-6-17-14-9/h3-4,13H,5-6,12H2,1-2H3. The van der Waals surface area contributed by atoms with Crippen LogP contribution in [0.3, 0.4) is 0 Å². The van der Waals surface area contributed by atoms with Crippen molar-refractivity contribution in [1.29, 1.82) is 0 Å². The average molecular weight is 269 g/mol. The van der Waals surface area contributed by atoms with Gasteiger partial charge in [0.1, 0.15) is 6.61 Å². The van der Waals surface area contributed by atoms with Gasteiger partial charge in [-0.1, -0.05) is 5.16 Å². The molecular weight excluding hydrogens is 254 g/mol. The van der Waals surface area contributed by atoms with Gasteiger partial charge < -0.3 is 10.3 Å². The van der Waals surface area contributed by atoms with Crippen LogP contribution in [0.25, 0.3) is 0 Å². The first-order chi connectivity index (χ1) is 8.45. The van der Waals surface area contributed by atoms with Crippen molar-refractivity contribution in [2.45, 2.75) is 18.2 Å². The SMILES string of the molecule is Cc1c(NN)ccc(S(C)(=O)=O)c1C1=NOCC1. The van der Waals surface area contributed by atoms with Crippen LogP contribution in [0, 0.1) is 6.92 Å². The lowest BCUT2D eigenvalue weighted by molar-refractivity contribution is 0.174. The monoisotopic (exact) mass is 269 g/mol. The molecule has 0 aliphatic carbocycles. The van der Waals surface area contributed by atoms with Crippen molar-refractivity contribution in [3.8, 4) is 0 Å². The highest BCUT2D eigenvalue weighted by atomic mass is 32.2. The zero-order chi connectivity index (χ0) is 13.3. The van der Waals surface area contributed by atoms with Crippen LogP contribution in [0.15, 0.2) is 22.2 Å². The van der Waals surface area contributed by atoms with E-state index < -0.39 is 9.84 Å². The largest absolute Gasteiger partial charge is 0.395 e. The van der Waals surface area contributed by atoms with Gasteiger partial charge in [-0.2, -0.15) is 0 Å². The summed E-state index contributed by atoms with van der Waals surface area (Å²) in [4.78, 5) is 5.20. The number of sulfone groups is 1. The number of hydrogen-bond acceptors (Lipinski definition) is 6. The quantitative estimate of drug-likeness (QED) is 0.625. The van der Waals surface area contributed by atoms with Gasteiger partial charge in [0.05, 0.1) is 16.3 Å². The summed E-state index contributed by atoms with van der Waals surface area (Å²) in [7, 11) is -3.32. The van der Waals surface area contributed by atoms with E-state index in [2.05, 4.69) is 10.6 Å². The maximum absolute atomic E-state index is 11.8. The number of benzene rings is 1. The molecule has 1 aliphatic rings. The molecule has 0 atom stereocenters. The van der Waals surface area contributed by atoms with E-state index in [1.54, 1.807) is 13.0 Å². The molecule has 0 saturated heterocycles. The number of oxime groups is 1. The second kappa shape index (κ2) is 4.58. The molecule has 98 valence electrons. The molecule has 1 aliphatic heterocycles. The fourth-order valence-electron chi connectivity index (χ4n) is 1.99. The van der Waals surface area contributed by atoms with E-state index in [-0.39, 0.29) is 4.90 Å². The predicted molar refractivity (Wildman–Crippen MR) is 69.2 cm³/mol. The van der Waals surface area contributed by atoms with E-state index in [9.17, 15) is 8.42 Å². The van der Waals surface area contributed by atoms with E-state index in [1.807, 2.05) is 0 Å². The number of nitrogen functional groups attached to an aromatic ring is 1. The third-order valence-corrected chi connectivity index (χ3v) is 4.01. The summed E-state index contributed by atoms with van der Waals surface area (Å²) in [6.45, 7) is 2.28. The second-order valence-electron chi connectivity index (χ2n) is 4.15. The molecule has 0 unspecified atom stereocenters. The Balaban J connectivity index is 2.72. The number of rotatable bonds is 3. The third-order valence-electron chi connectivity index (χ3n) is 2.88. The van der Waals surface area contributed by atoms with Crippen LogP contribution in [0.1, 0.15) is 17.5 Å². The van der Waals surface area contributed by atoms with Crippen molar-refractivity contribution >= 4 is 21.2 Å². The van der Waals surface area contributed by atoms with Gasteiger partial charge in [-0.05, 0) is 24.6 Å². The normalized spacial score (nSPS) is 15.2.